The minimum absolute atomic E-state index is 0.0621. The van der Waals surface area contributed by atoms with E-state index in [1.807, 2.05) is 26.0 Å². The average molecular weight is 682 g/mol. The van der Waals surface area contributed by atoms with Crippen LogP contribution < -0.4 is 21.7 Å². The minimum Gasteiger partial charge on any atom is -0.352 e. The summed E-state index contributed by atoms with van der Waals surface area (Å²) in [5.41, 5.74) is 6.99. The van der Waals surface area contributed by atoms with Crippen molar-refractivity contribution in [3.63, 3.8) is 0 Å². The summed E-state index contributed by atoms with van der Waals surface area (Å²) in [5, 5.41) is 8.74. The number of hydrogen-bond acceptors (Lipinski definition) is 6. The molecule has 2 unspecified atom stereocenters. The van der Waals surface area contributed by atoms with E-state index in [2.05, 4.69) is 40.0 Å². The number of nitrogens with one attached hydrogen (secondary N) is 3. The van der Waals surface area contributed by atoms with Crippen LogP contribution in [0.2, 0.25) is 0 Å². The molecular weight excluding hydrogens is 614 g/mol. The van der Waals surface area contributed by atoms with Gasteiger partial charge in [0.25, 0.3) is 5.91 Å². The van der Waals surface area contributed by atoms with Gasteiger partial charge in [-0.15, -0.1) is 0 Å². The average Bonchev–Trinajstić information content (AvgIpc) is 3.09. The van der Waals surface area contributed by atoms with Crippen LogP contribution in [0.25, 0.3) is 0 Å². The van der Waals surface area contributed by atoms with Crippen molar-refractivity contribution in [3.8, 4) is 0 Å². The summed E-state index contributed by atoms with van der Waals surface area (Å²) in [7, 11) is 0. The van der Waals surface area contributed by atoms with Gasteiger partial charge in [-0.2, -0.15) is 0 Å². The molecule has 9 heteroatoms. The van der Waals surface area contributed by atoms with Crippen molar-refractivity contribution in [1.82, 2.24) is 16.0 Å². The first-order chi connectivity index (χ1) is 23.8. The fourth-order valence-electron chi connectivity index (χ4n) is 5.46. The molecule has 0 saturated heterocycles. The van der Waals surface area contributed by atoms with Gasteiger partial charge >= 0.3 is 0 Å². The fourth-order valence-corrected chi connectivity index (χ4v) is 5.46. The highest BCUT2D eigenvalue weighted by molar-refractivity contribution is 5.95. The van der Waals surface area contributed by atoms with Crippen molar-refractivity contribution >= 4 is 30.2 Å². The molecule has 0 bridgehead atoms. The van der Waals surface area contributed by atoms with Gasteiger partial charge in [0.15, 0.2) is 0 Å². The number of nitrogens with zero attached hydrogens (tertiary/aromatic N) is 1. The summed E-state index contributed by atoms with van der Waals surface area (Å²) in [6, 6.07) is 6.16. The van der Waals surface area contributed by atoms with Crippen LogP contribution in [0.4, 0.5) is 0 Å². The van der Waals surface area contributed by atoms with E-state index < -0.39 is 12.1 Å². The minimum atomic E-state index is -0.549. The summed E-state index contributed by atoms with van der Waals surface area (Å²) in [5.74, 6) is -0.121. The Balaban J connectivity index is 2.24. The van der Waals surface area contributed by atoms with Gasteiger partial charge < -0.3 is 26.5 Å². The molecule has 0 aromatic heterocycles. The Hall–Kier alpha value is -3.33. The number of unbranched alkanes of at least 4 members (excludes halogenated alkanes) is 12. The SMILES string of the molecule is CCCCCCCC/C=C\CCCCCCCC(=O)NC(CC(C)C)C(=O)NCCN=Cc1ccc(C(=O)NCCCCC(N)C=O)cc1. The van der Waals surface area contributed by atoms with Crippen molar-refractivity contribution in [2.24, 2.45) is 16.6 Å². The highest BCUT2D eigenvalue weighted by Gasteiger charge is 2.21. The molecular formula is C40H67N5O4. The molecule has 0 spiro atoms. The number of aliphatic imine (C=N–C) groups is 1. The van der Waals surface area contributed by atoms with Crippen molar-refractivity contribution in [1.29, 1.82) is 0 Å². The number of carbonyl (C=O) groups excluding carboxylic acids is 4. The van der Waals surface area contributed by atoms with Gasteiger partial charge in [0, 0.05) is 31.3 Å². The second-order valence-electron chi connectivity index (χ2n) is 13.6. The highest BCUT2D eigenvalue weighted by atomic mass is 16.2. The Morgan fingerprint density at radius 3 is 2.06 bits per heavy atom. The zero-order valence-corrected chi connectivity index (χ0v) is 30.9. The van der Waals surface area contributed by atoms with Crippen LogP contribution in [-0.2, 0) is 14.4 Å². The maximum Gasteiger partial charge on any atom is 0.251 e. The number of nitrogens with two attached hydrogens (primary N) is 1. The molecule has 3 amide bonds. The van der Waals surface area contributed by atoms with E-state index in [0.717, 1.165) is 50.4 Å². The Morgan fingerprint density at radius 2 is 1.43 bits per heavy atom. The Labute approximate surface area is 297 Å². The van der Waals surface area contributed by atoms with Gasteiger partial charge in [-0.05, 0) is 81.4 Å². The Kier molecular flexibility index (Phi) is 26.4. The molecule has 9 nitrogen and oxygen atoms in total. The van der Waals surface area contributed by atoms with Gasteiger partial charge in [-0.25, -0.2) is 0 Å². The van der Waals surface area contributed by atoms with Crippen LogP contribution in [-0.4, -0.2) is 61.9 Å². The Morgan fingerprint density at radius 1 is 0.796 bits per heavy atom. The van der Waals surface area contributed by atoms with E-state index in [0.29, 0.717) is 44.5 Å². The first-order valence-electron chi connectivity index (χ1n) is 19.1. The van der Waals surface area contributed by atoms with Gasteiger partial charge in [0.1, 0.15) is 12.3 Å². The van der Waals surface area contributed by atoms with Crippen molar-refractivity contribution in [2.75, 3.05) is 19.6 Å². The lowest BCUT2D eigenvalue weighted by molar-refractivity contribution is -0.129. The third kappa shape index (κ3) is 24.5. The largest absolute Gasteiger partial charge is 0.352 e. The third-order valence-corrected chi connectivity index (χ3v) is 8.40. The number of rotatable bonds is 30. The van der Waals surface area contributed by atoms with Crippen molar-refractivity contribution < 1.29 is 19.2 Å². The van der Waals surface area contributed by atoms with E-state index in [9.17, 15) is 19.2 Å². The first-order valence-corrected chi connectivity index (χ1v) is 19.1. The van der Waals surface area contributed by atoms with Crippen LogP contribution in [0.5, 0.6) is 0 Å². The number of aldehydes is 1. The number of benzene rings is 1. The van der Waals surface area contributed by atoms with Crippen LogP contribution in [0, 0.1) is 5.92 Å². The first kappa shape index (κ1) is 43.7. The van der Waals surface area contributed by atoms with Crippen molar-refractivity contribution in [2.45, 2.75) is 148 Å². The lowest BCUT2D eigenvalue weighted by Crippen LogP contribution is -2.47. The molecule has 0 radical (unpaired) electrons. The van der Waals surface area contributed by atoms with Gasteiger partial charge in [0.05, 0.1) is 12.6 Å². The fraction of sp³-hybridized carbons (Fsp3) is 0.675. The summed E-state index contributed by atoms with van der Waals surface area (Å²) < 4.78 is 0. The molecule has 0 fully saturated rings. The highest BCUT2D eigenvalue weighted by Crippen LogP contribution is 2.11. The molecule has 1 aromatic carbocycles. The van der Waals surface area contributed by atoms with Crippen LogP contribution in [0.3, 0.4) is 0 Å². The second kappa shape index (κ2) is 29.6. The molecule has 5 N–H and O–H groups in total. The van der Waals surface area contributed by atoms with Gasteiger partial charge in [-0.3, -0.25) is 19.4 Å². The predicted molar refractivity (Wildman–Crippen MR) is 203 cm³/mol. The number of allylic oxidation sites excluding steroid dienone is 2. The van der Waals surface area contributed by atoms with Crippen molar-refractivity contribution in [3.05, 3.63) is 47.5 Å². The monoisotopic (exact) mass is 682 g/mol. The molecule has 0 heterocycles. The van der Waals surface area contributed by atoms with E-state index in [-0.39, 0.29) is 23.6 Å². The standard InChI is InChI=1S/C40H67N5O4/c1-4-5-6-7-8-9-10-11-12-13-14-15-16-17-18-22-38(47)45-37(30-33(2)3)40(49)44-29-28-42-31-34-23-25-35(26-24-34)39(48)43-27-20-19-21-36(41)32-46/h11-12,23-26,31-33,36-37H,4-10,13-22,27-30,41H2,1-3H3,(H,43,48)(H,44,49)(H,45,47)/b12-11-,42-31?. The second-order valence-corrected chi connectivity index (χ2v) is 13.6. The van der Waals surface area contributed by atoms with E-state index in [4.69, 9.17) is 5.73 Å². The number of amides is 3. The lowest BCUT2D eigenvalue weighted by atomic mass is 10.0. The predicted octanol–water partition coefficient (Wildman–Crippen LogP) is 7.22. The number of hydrogen-bond donors (Lipinski definition) is 4. The molecule has 1 aromatic rings. The third-order valence-electron chi connectivity index (χ3n) is 8.40. The zero-order valence-electron chi connectivity index (χ0n) is 30.9. The lowest BCUT2D eigenvalue weighted by Gasteiger charge is -2.20. The van der Waals surface area contributed by atoms with Gasteiger partial charge in [-0.1, -0.05) is 96.4 Å². The molecule has 0 aliphatic heterocycles. The van der Waals surface area contributed by atoms with Gasteiger partial charge in [0.2, 0.25) is 11.8 Å². The number of carbonyl (C=O) groups is 4. The zero-order chi connectivity index (χ0) is 36.0. The Bertz CT molecular complexity index is 1090. The summed E-state index contributed by atoms with van der Waals surface area (Å²) in [6.45, 7) is 7.64. The smallest absolute Gasteiger partial charge is 0.251 e. The molecule has 1 rings (SSSR count). The van der Waals surface area contributed by atoms with Crippen LogP contribution in [0.15, 0.2) is 41.4 Å². The summed E-state index contributed by atoms with van der Waals surface area (Å²) >= 11 is 0. The van der Waals surface area contributed by atoms with E-state index >= 15 is 0 Å². The molecule has 0 aliphatic carbocycles. The maximum absolute atomic E-state index is 12.9. The van der Waals surface area contributed by atoms with E-state index in [1.54, 1.807) is 18.3 Å². The maximum atomic E-state index is 12.9. The molecule has 0 saturated carbocycles. The molecule has 49 heavy (non-hydrogen) atoms. The summed E-state index contributed by atoms with van der Waals surface area (Å²) in [4.78, 5) is 52.8. The van der Waals surface area contributed by atoms with Crippen LogP contribution in [0.1, 0.15) is 152 Å². The molecule has 0 aliphatic rings. The quantitative estimate of drug-likeness (QED) is 0.0294. The normalized spacial score (nSPS) is 12.8. The van der Waals surface area contributed by atoms with Crippen LogP contribution >= 0.6 is 0 Å². The summed E-state index contributed by atoms with van der Waals surface area (Å²) in [6.07, 6.45) is 26.1. The topological polar surface area (TPSA) is 143 Å². The molecule has 276 valence electrons. The molecule has 2 atom stereocenters. The van der Waals surface area contributed by atoms with E-state index in [1.165, 1.54) is 57.8 Å².